The highest BCUT2D eigenvalue weighted by molar-refractivity contribution is 7.21. The number of nitrogen functional groups attached to an aromatic ring is 1. The fourth-order valence-electron chi connectivity index (χ4n) is 4.96. The minimum absolute atomic E-state index is 0.0490. The molecule has 1 amide bonds. The van der Waals surface area contributed by atoms with E-state index in [4.69, 9.17) is 15.5 Å². The van der Waals surface area contributed by atoms with Crippen LogP contribution in [0.15, 0.2) is 18.3 Å². The third kappa shape index (κ3) is 4.33. The number of carbonyl (C=O) groups is 1. The van der Waals surface area contributed by atoms with Gasteiger partial charge >= 0.3 is 0 Å². The number of likely N-dealkylation sites (N-methyl/N-ethyl adjacent to an activating group) is 1. The second-order valence-corrected chi connectivity index (χ2v) is 10.0. The Morgan fingerprint density at radius 2 is 2.18 bits per heavy atom. The van der Waals surface area contributed by atoms with E-state index in [9.17, 15) is 4.79 Å². The number of rotatable bonds is 6. The van der Waals surface area contributed by atoms with Gasteiger partial charge in [-0.15, -0.1) is 11.3 Å². The van der Waals surface area contributed by atoms with Crippen molar-refractivity contribution in [2.24, 2.45) is 0 Å². The van der Waals surface area contributed by atoms with Gasteiger partial charge in [0.25, 0.3) is 5.91 Å². The number of nitrogens with zero attached hydrogens (tertiary/aromatic N) is 4. The van der Waals surface area contributed by atoms with Crippen LogP contribution in [-0.4, -0.2) is 65.8 Å². The zero-order valence-corrected chi connectivity index (χ0v) is 20.6. The fraction of sp³-hybridized carbons (Fsp3) is 0.500. The Morgan fingerprint density at radius 1 is 1.32 bits per heavy atom. The Balaban J connectivity index is 1.26. The van der Waals surface area contributed by atoms with Gasteiger partial charge in [0.2, 0.25) is 0 Å². The lowest BCUT2D eigenvalue weighted by Crippen LogP contribution is -2.40. The van der Waals surface area contributed by atoms with Gasteiger partial charge in [0, 0.05) is 38.1 Å². The van der Waals surface area contributed by atoms with Crippen LogP contribution < -0.4 is 21.3 Å². The van der Waals surface area contributed by atoms with Crippen molar-refractivity contribution in [2.75, 3.05) is 37.4 Å². The third-order valence-electron chi connectivity index (χ3n) is 6.76. The van der Waals surface area contributed by atoms with Crippen molar-refractivity contribution in [3.63, 3.8) is 0 Å². The number of anilines is 2. The van der Waals surface area contributed by atoms with Gasteiger partial charge in [-0.3, -0.25) is 4.79 Å². The summed E-state index contributed by atoms with van der Waals surface area (Å²) in [7, 11) is 1.77. The van der Waals surface area contributed by atoms with Crippen LogP contribution in [0.2, 0.25) is 0 Å². The summed E-state index contributed by atoms with van der Waals surface area (Å²) in [4.78, 5) is 30.1. The molecule has 1 aliphatic carbocycles. The number of ether oxygens (including phenoxy) is 1. The van der Waals surface area contributed by atoms with Crippen molar-refractivity contribution in [3.8, 4) is 0 Å². The number of methoxy groups -OCH3 is 1. The molecule has 180 valence electrons. The fourth-order valence-corrected chi connectivity index (χ4v) is 5.98. The van der Waals surface area contributed by atoms with Crippen LogP contribution in [0.4, 0.5) is 11.5 Å². The molecule has 5 rings (SSSR count). The molecule has 3 unspecified atom stereocenters. The van der Waals surface area contributed by atoms with Crippen LogP contribution >= 0.6 is 11.3 Å². The Kier molecular flexibility index (Phi) is 6.37. The molecular weight excluding hydrogens is 450 g/mol. The second-order valence-electron chi connectivity index (χ2n) is 9.01. The number of thiophene rings is 1. The van der Waals surface area contributed by atoms with E-state index in [-0.39, 0.29) is 18.1 Å². The number of aryl methyl sites for hydroxylation is 2. The molecule has 0 aromatic carbocycles. The number of pyridine rings is 1. The number of nitrogens with one attached hydrogen (secondary N) is 2. The number of hydrogen-bond donors (Lipinski definition) is 3. The highest BCUT2D eigenvalue weighted by Crippen LogP contribution is 2.32. The van der Waals surface area contributed by atoms with Crippen LogP contribution in [0.25, 0.3) is 10.2 Å². The third-order valence-corrected chi connectivity index (χ3v) is 7.87. The molecule has 10 heteroatoms. The summed E-state index contributed by atoms with van der Waals surface area (Å²) in [5, 5.41) is 7.42. The molecule has 2 aliphatic rings. The Labute approximate surface area is 203 Å². The van der Waals surface area contributed by atoms with E-state index in [2.05, 4.69) is 44.6 Å². The first-order chi connectivity index (χ1) is 16.5. The molecule has 3 atom stereocenters. The predicted octanol–water partition coefficient (Wildman–Crippen LogP) is 2.08. The van der Waals surface area contributed by atoms with Gasteiger partial charge in [0.1, 0.15) is 21.3 Å². The first-order valence-corrected chi connectivity index (χ1v) is 12.6. The van der Waals surface area contributed by atoms with Gasteiger partial charge in [0.05, 0.1) is 23.2 Å². The van der Waals surface area contributed by atoms with Crippen molar-refractivity contribution < 1.29 is 9.53 Å². The van der Waals surface area contributed by atoms with Crippen LogP contribution in [-0.2, 0) is 17.6 Å². The van der Waals surface area contributed by atoms with E-state index in [0.29, 0.717) is 22.4 Å². The molecule has 0 spiro atoms. The molecule has 1 saturated heterocycles. The van der Waals surface area contributed by atoms with Crippen molar-refractivity contribution in [3.05, 3.63) is 40.3 Å². The summed E-state index contributed by atoms with van der Waals surface area (Å²) in [6.45, 7) is 6.58. The topological polar surface area (TPSA) is 118 Å². The van der Waals surface area contributed by atoms with Gasteiger partial charge in [0.15, 0.2) is 0 Å². The Morgan fingerprint density at radius 3 is 2.97 bits per heavy atom. The molecule has 0 radical (unpaired) electrons. The number of nitrogens with two attached hydrogens (primary N) is 1. The maximum Gasteiger partial charge on any atom is 0.263 e. The zero-order valence-electron chi connectivity index (χ0n) is 19.8. The smallest absolute Gasteiger partial charge is 0.263 e. The average molecular weight is 482 g/mol. The van der Waals surface area contributed by atoms with Crippen molar-refractivity contribution >= 4 is 39.0 Å². The highest BCUT2D eigenvalue weighted by Gasteiger charge is 2.33. The van der Waals surface area contributed by atoms with Gasteiger partial charge in [-0.1, -0.05) is 13.0 Å². The summed E-state index contributed by atoms with van der Waals surface area (Å²) in [6, 6.07) is 4.61. The number of carbonyl (C=O) groups excluding carboxylic acids is 1. The molecule has 3 aromatic rings. The van der Waals surface area contributed by atoms with Crippen LogP contribution in [0.1, 0.15) is 40.1 Å². The van der Waals surface area contributed by atoms with Crippen molar-refractivity contribution in [1.29, 1.82) is 0 Å². The molecular formula is C24H31N7O2S. The van der Waals surface area contributed by atoms with Crippen molar-refractivity contribution in [1.82, 2.24) is 25.6 Å². The van der Waals surface area contributed by atoms with E-state index in [1.54, 1.807) is 13.3 Å². The van der Waals surface area contributed by atoms with Crippen molar-refractivity contribution in [2.45, 2.75) is 51.3 Å². The van der Waals surface area contributed by atoms with Crippen LogP contribution in [0, 0.1) is 6.92 Å². The zero-order chi connectivity index (χ0) is 23.8. The normalized spacial score (nSPS) is 22.2. The first-order valence-electron chi connectivity index (χ1n) is 11.8. The quantitative estimate of drug-likeness (QED) is 0.490. The maximum absolute atomic E-state index is 13.0. The lowest BCUT2D eigenvalue weighted by molar-refractivity contribution is 0.0938. The van der Waals surface area contributed by atoms with E-state index in [1.165, 1.54) is 16.9 Å². The Hall–Kier alpha value is -2.82. The van der Waals surface area contributed by atoms with Gasteiger partial charge in [-0.05, 0) is 44.4 Å². The molecule has 1 aliphatic heterocycles. The number of amides is 1. The molecule has 3 aromatic heterocycles. The summed E-state index contributed by atoms with van der Waals surface area (Å²) in [5.41, 5.74) is 9.01. The SMILES string of the molecule is CCNC1CN(c2ccc3c(n2)CCC(NC(=O)c2sc4nc(C)ncc4c2N)C3)CC1OC. The maximum atomic E-state index is 13.0. The number of hydrogen-bond acceptors (Lipinski definition) is 9. The van der Waals surface area contributed by atoms with E-state index in [0.717, 1.165) is 60.6 Å². The molecule has 1 fully saturated rings. The highest BCUT2D eigenvalue weighted by atomic mass is 32.1. The summed E-state index contributed by atoms with van der Waals surface area (Å²) in [5.74, 6) is 1.52. The molecule has 4 N–H and O–H groups in total. The van der Waals surface area contributed by atoms with Gasteiger partial charge in [-0.25, -0.2) is 15.0 Å². The molecule has 34 heavy (non-hydrogen) atoms. The summed E-state index contributed by atoms with van der Waals surface area (Å²) in [6.07, 6.45) is 4.29. The number of aromatic nitrogens is 3. The van der Waals surface area contributed by atoms with E-state index >= 15 is 0 Å². The number of fused-ring (bicyclic) bond motifs is 2. The Bertz CT molecular complexity index is 1210. The van der Waals surface area contributed by atoms with E-state index in [1.807, 2.05) is 6.92 Å². The summed E-state index contributed by atoms with van der Waals surface area (Å²) >= 11 is 1.32. The standard InChI is InChI=1S/C24H31N7O2S/c1-4-26-18-11-31(12-19(18)33-3)20-8-5-14-9-15(6-7-17(14)30-20)29-23(32)22-21(25)16-10-27-13(2)28-24(16)34-22/h5,8,10,15,18-19,26H,4,6-7,9,11-12,25H2,1-3H3,(H,29,32). The lowest BCUT2D eigenvalue weighted by Gasteiger charge is -2.26. The molecule has 4 heterocycles. The van der Waals surface area contributed by atoms with Crippen LogP contribution in [0.5, 0.6) is 0 Å². The lowest BCUT2D eigenvalue weighted by atomic mass is 9.91. The molecule has 9 nitrogen and oxygen atoms in total. The second kappa shape index (κ2) is 9.44. The van der Waals surface area contributed by atoms with Gasteiger partial charge < -0.3 is 26.0 Å². The monoisotopic (exact) mass is 481 g/mol. The molecule has 0 bridgehead atoms. The van der Waals surface area contributed by atoms with Gasteiger partial charge in [-0.2, -0.15) is 0 Å². The van der Waals surface area contributed by atoms with E-state index < -0.39 is 0 Å². The van der Waals surface area contributed by atoms with Crippen LogP contribution in [0.3, 0.4) is 0 Å². The average Bonchev–Trinajstić information content (AvgIpc) is 3.39. The largest absolute Gasteiger partial charge is 0.397 e. The molecule has 0 saturated carbocycles. The minimum atomic E-state index is -0.145. The summed E-state index contributed by atoms with van der Waals surface area (Å²) < 4.78 is 5.67. The minimum Gasteiger partial charge on any atom is -0.397 e. The predicted molar refractivity (Wildman–Crippen MR) is 135 cm³/mol. The first kappa shape index (κ1) is 22.9.